The first-order chi connectivity index (χ1) is 11.1. The highest BCUT2D eigenvalue weighted by atomic mass is 79.9. The molecular formula is C16H23BrN4O2. The first-order valence-electron chi connectivity index (χ1n) is 7.84. The van der Waals surface area contributed by atoms with Crippen LogP contribution in [-0.4, -0.2) is 30.6 Å². The summed E-state index contributed by atoms with van der Waals surface area (Å²) in [6.45, 7) is 1.21. The molecule has 0 atom stereocenters. The minimum absolute atomic E-state index is 0.141. The molecule has 0 aromatic heterocycles. The van der Waals surface area contributed by atoms with E-state index in [-0.39, 0.29) is 11.9 Å². The van der Waals surface area contributed by atoms with Crippen LogP contribution in [0, 0.1) is 0 Å². The molecule has 7 heteroatoms. The van der Waals surface area contributed by atoms with E-state index >= 15 is 0 Å². The van der Waals surface area contributed by atoms with Crippen molar-refractivity contribution in [1.82, 2.24) is 16.0 Å². The lowest BCUT2D eigenvalue weighted by Crippen LogP contribution is -2.59. The zero-order valence-corrected chi connectivity index (χ0v) is 14.6. The molecule has 3 amide bonds. The van der Waals surface area contributed by atoms with Gasteiger partial charge in [-0.3, -0.25) is 4.79 Å². The quantitative estimate of drug-likeness (QED) is 0.601. The fourth-order valence-electron chi connectivity index (χ4n) is 2.83. The van der Waals surface area contributed by atoms with Crippen molar-refractivity contribution >= 4 is 27.9 Å². The third kappa shape index (κ3) is 4.94. The van der Waals surface area contributed by atoms with Gasteiger partial charge in [-0.15, -0.1) is 0 Å². The van der Waals surface area contributed by atoms with E-state index in [1.807, 2.05) is 24.3 Å². The fourth-order valence-corrected chi connectivity index (χ4v) is 3.28. The standard InChI is InChI=1S/C16H23BrN4O2/c17-13-5-3-4-12(10-13)11-20-15(23)21-16(6-1-2-7-16)14(22)19-9-8-18/h3-5,10H,1-2,6-9,11,18H2,(H,19,22)(H2,20,21,23). The van der Waals surface area contributed by atoms with Gasteiger partial charge in [-0.25, -0.2) is 4.79 Å². The maximum atomic E-state index is 12.4. The van der Waals surface area contributed by atoms with Crippen LogP contribution in [0.1, 0.15) is 31.2 Å². The molecule has 6 nitrogen and oxygen atoms in total. The van der Waals surface area contributed by atoms with Gasteiger partial charge in [-0.05, 0) is 30.5 Å². The Morgan fingerprint density at radius 3 is 2.61 bits per heavy atom. The first kappa shape index (κ1) is 17.7. The van der Waals surface area contributed by atoms with Gasteiger partial charge in [-0.1, -0.05) is 40.9 Å². The molecule has 0 radical (unpaired) electrons. The maximum absolute atomic E-state index is 12.4. The fraction of sp³-hybridized carbons (Fsp3) is 0.500. The summed E-state index contributed by atoms with van der Waals surface area (Å²) in [7, 11) is 0. The lowest BCUT2D eigenvalue weighted by molar-refractivity contribution is -0.127. The second kappa shape index (κ2) is 8.31. The van der Waals surface area contributed by atoms with Crippen molar-refractivity contribution in [2.75, 3.05) is 13.1 Å². The van der Waals surface area contributed by atoms with Crippen LogP contribution in [0.2, 0.25) is 0 Å². The molecule has 1 aromatic carbocycles. The second-order valence-electron chi connectivity index (χ2n) is 5.77. The average Bonchev–Trinajstić information content (AvgIpc) is 3.00. The monoisotopic (exact) mass is 382 g/mol. The molecule has 5 N–H and O–H groups in total. The predicted octanol–water partition coefficient (Wildman–Crippen LogP) is 1.64. The smallest absolute Gasteiger partial charge is 0.315 e. The Bertz CT molecular complexity index is 559. The van der Waals surface area contributed by atoms with Gasteiger partial charge in [0.05, 0.1) is 0 Å². The predicted molar refractivity (Wildman–Crippen MR) is 92.8 cm³/mol. The molecule has 0 saturated heterocycles. The van der Waals surface area contributed by atoms with Crippen molar-refractivity contribution in [3.8, 4) is 0 Å². The van der Waals surface area contributed by atoms with Crippen LogP contribution in [0.3, 0.4) is 0 Å². The summed E-state index contributed by atoms with van der Waals surface area (Å²) in [6, 6.07) is 7.40. The largest absolute Gasteiger partial charge is 0.353 e. The van der Waals surface area contributed by atoms with Crippen molar-refractivity contribution < 1.29 is 9.59 Å². The van der Waals surface area contributed by atoms with E-state index in [2.05, 4.69) is 31.9 Å². The Morgan fingerprint density at radius 2 is 1.96 bits per heavy atom. The van der Waals surface area contributed by atoms with Gasteiger partial charge in [0.1, 0.15) is 5.54 Å². The summed E-state index contributed by atoms with van der Waals surface area (Å²) in [4.78, 5) is 24.6. The molecule has 0 spiro atoms. The Morgan fingerprint density at radius 1 is 1.22 bits per heavy atom. The number of benzene rings is 1. The summed E-state index contributed by atoms with van der Waals surface area (Å²) < 4.78 is 0.964. The summed E-state index contributed by atoms with van der Waals surface area (Å²) in [6.07, 6.45) is 3.19. The molecule has 0 heterocycles. The molecule has 1 saturated carbocycles. The molecule has 0 aliphatic heterocycles. The van der Waals surface area contributed by atoms with E-state index in [0.717, 1.165) is 22.9 Å². The Labute approximate surface area is 144 Å². The third-order valence-electron chi connectivity index (χ3n) is 4.02. The van der Waals surface area contributed by atoms with Crippen molar-refractivity contribution in [2.45, 2.75) is 37.8 Å². The number of carbonyl (C=O) groups is 2. The highest BCUT2D eigenvalue weighted by Gasteiger charge is 2.42. The Kier molecular flexibility index (Phi) is 6.41. The summed E-state index contributed by atoms with van der Waals surface area (Å²) >= 11 is 3.40. The van der Waals surface area contributed by atoms with Crippen molar-refractivity contribution in [1.29, 1.82) is 0 Å². The maximum Gasteiger partial charge on any atom is 0.315 e. The number of nitrogens with one attached hydrogen (secondary N) is 3. The van der Waals surface area contributed by atoms with Crippen LogP contribution in [0.15, 0.2) is 28.7 Å². The molecule has 23 heavy (non-hydrogen) atoms. The van der Waals surface area contributed by atoms with Crippen LogP contribution in [-0.2, 0) is 11.3 Å². The van der Waals surface area contributed by atoms with E-state index in [0.29, 0.717) is 32.5 Å². The van der Waals surface area contributed by atoms with Gasteiger partial charge in [-0.2, -0.15) is 0 Å². The molecule has 1 aromatic rings. The summed E-state index contributed by atoms with van der Waals surface area (Å²) in [5.41, 5.74) is 5.61. The minimum atomic E-state index is -0.809. The second-order valence-corrected chi connectivity index (χ2v) is 6.69. The van der Waals surface area contributed by atoms with E-state index in [1.54, 1.807) is 0 Å². The number of hydrogen-bond acceptors (Lipinski definition) is 3. The van der Waals surface area contributed by atoms with Crippen molar-refractivity contribution in [3.05, 3.63) is 34.3 Å². The number of hydrogen-bond donors (Lipinski definition) is 4. The lowest BCUT2D eigenvalue weighted by Gasteiger charge is -2.29. The van der Waals surface area contributed by atoms with Gasteiger partial charge in [0.15, 0.2) is 0 Å². The van der Waals surface area contributed by atoms with E-state index in [9.17, 15) is 9.59 Å². The van der Waals surface area contributed by atoms with Crippen LogP contribution in [0.5, 0.6) is 0 Å². The SMILES string of the molecule is NCCNC(=O)C1(NC(=O)NCc2cccc(Br)c2)CCCC1. The number of carbonyl (C=O) groups excluding carboxylic acids is 2. The Hall–Kier alpha value is -1.60. The normalized spacial score (nSPS) is 15.9. The Balaban J connectivity index is 1.91. The van der Waals surface area contributed by atoms with Crippen molar-refractivity contribution in [2.24, 2.45) is 5.73 Å². The van der Waals surface area contributed by atoms with E-state index in [4.69, 9.17) is 5.73 Å². The number of rotatable bonds is 6. The van der Waals surface area contributed by atoms with Gasteiger partial charge in [0.2, 0.25) is 5.91 Å². The third-order valence-corrected chi connectivity index (χ3v) is 4.51. The van der Waals surface area contributed by atoms with Gasteiger partial charge >= 0.3 is 6.03 Å². The van der Waals surface area contributed by atoms with Gasteiger partial charge < -0.3 is 21.7 Å². The molecule has 2 rings (SSSR count). The van der Waals surface area contributed by atoms with Gasteiger partial charge in [0.25, 0.3) is 0 Å². The highest BCUT2D eigenvalue weighted by Crippen LogP contribution is 2.29. The van der Waals surface area contributed by atoms with Crippen LogP contribution >= 0.6 is 15.9 Å². The van der Waals surface area contributed by atoms with E-state index in [1.165, 1.54) is 0 Å². The molecule has 0 unspecified atom stereocenters. The molecular weight excluding hydrogens is 360 g/mol. The molecule has 126 valence electrons. The van der Waals surface area contributed by atoms with E-state index < -0.39 is 5.54 Å². The molecule has 0 bridgehead atoms. The number of amides is 3. The topological polar surface area (TPSA) is 96.2 Å². The summed E-state index contributed by atoms with van der Waals surface area (Å²) in [5, 5.41) is 8.47. The number of urea groups is 1. The zero-order valence-electron chi connectivity index (χ0n) is 13.0. The average molecular weight is 383 g/mol. The first-order valence-corrected chi connectivity index (χ1v) is 8.64. The molecule has 1 fully saturated rings. The van der Waals surface area contributed by atoms with Crippen LogP contribution in [0.4, 0.5) is 4.79 Å². The highest BCUT2D eigenvalue weighted by molar-refractivity contribution is 9.10. The van der Waals surface area contributed by atoms with Crippen LogP contribution in [0.25, 0.3) is 0 Å². The van der Waals surface area contributed by atoms with Gasteiger partial charge in [0, 0.05) is 24.1 Å². The van der Waals surface area contributed by atoms with Crippen molar-refractivity contribution in [3.63, 3.8) is 0 Å². The number of halogens is 1. The summed E-state index contributed by atoms with van der Waals surface area (Å²) in [5.74, 6) is -0.141. The zero-order chi connectivity index (χ0) is 16.7. The number of nitrogens with two attached hydrogens (primary N) is 1. The minimum Gasteiger partial charge on any atom is -0.353 e. The molecule has 1 aliphatic rings. The lowest BCUT2D eigenvalue weighted by atomic mass is 9.96. The molecule has 1 aliphatic carbocycles. The van der Waals surface area contributed by atoms with Crippen LogP contribution < -0.4 is 21.7 Å².